The standard InChI is InChI=1S/C24H16ClNO2/c25-20-12-14-22(24(16-20)26(27)28)21-13-11-19(17-7-3-1-4-8-17)15-23(21)18-9-5-2-6-10-18/h1-16H. The Hall–Kier alpha value is -3.43. The highest BCUT2D eigenvalue weighted by atomic mass is 35.5. The summed E-state index contributed by atoms with van der Waals surface area (Å²) in [6, 6.07) is 30.8. The summed E-state index contributed by atoms with van der Waals surface area (Å²) in [4.78, 5) is 11.2. The Morgan fingerprint density at radius 3 is 1.86 bits per heavy atom. The van der Waals surface area contributed by atoms with Gasteiger partial charge in [0.25, 0.3) is 5.69 Å². The molecule has 0 spiro atoms. The third kappa shape index (κ3) is 3.53. The third-order valence-corrected chi connectivity index (χ3v) is 4.89. The Morgan fingerprint density at radius 2 is 1.21 bits per heavy atom. The average Bonchev–Trinajstić information content (AvgIpc) is 2.74. The molecule has 0 aliphatic heterocycles. The lowest BCUT2D eigenvalue weighted by Crippen LogP contribution is -1.94. The van der Waals surface area contributed by atoms with E-state index in [1.807, 2.05) is 60.7 Å². The van der Waals surface area contributed by atoms with Crippen molar-refractivity contribution in [3.8, 4) is 33.4 Å². The predicted octanol–water partition coefficient (Wildman–Crippen LogP) is 7.25. The molecule has 4 heteroatoms. The number of nitro benzene ring substituents is 1. The first-order valence-corrected chi connectivity index (χ1v) is 9.20. The van der Waals surface area contributed by atoms with Gasteiger partial charge in [0.15, 0.2) is 0 Å². The smallest absolute Gasteiger partial charge is 0.258 e. The largest absolute Gasteiger partial charge is 0.278 e. The van der Waals surface area contributed by atoms with Crippen LogP contribution in [-0.4, -0.2) is 4.92 Å². The van der Waals surface area contributed by atoms with Crippen molar-refractivity contribution < 1.29 is 4.92 Å². The maximum Gasteiger partial charge on any atom is 0.278 e. The molecular formula is C24H16ClNO2. The second kappa shape index (κ2) is 7.67. The summed E-state index contributed by atoms with van der Waals surface area (Å²) >= 11 is 6.01. The highest BCUT2D eigenvalue weighted by Gasteiger charge is 2.19. The summed E-state index contributed by atoms with van der Waals surface area (Å²) in [5.41, 5.74) is 5.43. The minimum absolute atomic E-state index is 0.00265. The number of hydrogen-bond acceptors (Lipinski definition) is 2. The molecule has 0 bridgehead atoms. The highest BCUT2D eigenvalue weighted by molar-refractivity contribution is 6.31. The van der Waals surface area contributed by atoms with Crippen molar-refractivity contribution in [3.63, 3.8) is 0 Å². The Morgan fingerprint density at radius 1 is 0.607 bits per heavy atom. The van der Waals surface area contributed by atoms with Crippen LogP contribution >= 0.6 is 11.6 Å². The third-order valence-electron chi connectivity index (χ3n) is 4.66. The van der Waals surface area contributed by atoms with Crippen LogP contribution in [0.25, 0.3) is 33.4 Å². The molecule has 4 aromatic carbocycles. The van der Waals surface area contributed by atoms with E-state index in [2.05, 4.69) is 18.2 Å². The monoisotopic (exact) mass is 385 g/mol. The zero-order valence-electron chi connectivity index (χ0n) is 14.9. The molecule has 0 saturated heterocycles. The normalized spacial score (nSPS) is 10.6. The van der Waals surface area contributed by atoms with Gasteiger partial charge in [0, 0.05) is 11.1 Å². The first kappa shape index (κ1) is 18.0. The second-order valence-electron chi connectivity index (χ2n) is 6.41. The molecule has 3 nitrogen and oxygen atoms in total. The molecule has 28 heavy (non-hydrogen) atoms. The minimum Gasteiger partial charge on any atom is -0.258 e. The van der Waals surface area contributed by atoms with Crippen molar-refractivity contribution in [3.05, 3.63) is 112 Å². The summed E-state index contributed by atoms with van der Waals surface area (Å²) < 4.78 is 0. The van der Waals surface area contributed by atoms with Crippen LogP contribution in [0.1, 0.15) is 0 Å². The van der Waals surface area contributed by atoms with E-state index < -0.39 is 0 Å². The maximum absolute atomic E-state index is 11.6. The van der Waals surface area contributed by atoms with Gasteiger partial charge in [-0.05, 0) is 46.0 Å². The average molecular weight is 386 g/mol. The van der Waals surface area contributed by atoms with Gasteiger partial charge in [0.2, 0.25) is 0 Å². The predicted molar refractivity (Wildman–Crippen MR) is 114 cm³/mol. The summed E-state index contributed by atoms with van der Waals surface area (Å²) in [6.07, 6.45) is 0. The SMILES string of the molecule is O=[N+]([O-])c1cc(Cl)ccc1-c1ccc(-c2ccccc2)cc1-c1ccccc1. The lowest BCUT2D eigenvalue weighted by atomic mass is 9.90. The first-order valence-electron chi connectivity index (χ1n) is 8.83. The topological polar surface area (TPSA) is 43.1 Å². The molecule has 0 aliphatic rings. The lowest BCUT2D eigenvalue weighted by Gasteiger charge is -2.13. The molecule has 0 unspecified atom stereocenters. The molecule has 0 aliphatic carbocycles. The quantitative estimate of drug-likeness (QED) is 0.274. The van der Waals surface area contributed by atoms with Crippen molar-refractivity contribution in [1.82, 2.24) is 0 Å². The van der Waals surface area contributed by atoms with Gasteiger partial charge in [0.05, 0.1) is 10.5 Å². The fourth-order valence-corrected chi connectivity index (χ4v) is 3.50. The summed E-state index contributed by atoms with van der Waals surface area (Å²) in [7, 11) is 0. The van der Waals surface area contributed by atoms with Crippen molar-refractivity contribution in [2.45, 2.75) is 0 Å². The molecule has 0 radical (unpaired) electrons. The summed E-state index contributed by atoms with van der Waals surface area (Å²) in [5, 5.41) is 12.0. The molecule has 4 rings (SSSR count). The summed E-state index contributed by atoms with van der Waals surface area (Å²) in [5.74, 6) is 0. The highest BCUT2D eigenvalue weighted by Crippen LogP contribution is 2.40. The Labute approximate surface area is 168 Å². The van der Waals surface area contributed by atoms with Crippen LogP contribution in [-0.2, 0) is 0 Å². The van der Waals surface area contributed by atoms with Crippen LogP contribution in [0.5, 0.6) is 0 Å². The van der Waals surface area contributed by atoms with Crippen molar-refractivity contribution in [1.29, 1.82) is 0 Å². The van der Waals surface area contributed by atoms with Crippen LogP contribution in [0.15, 0.2) is 97.1 Å². The first-order chi connectivity index (χ1) is 13.6. The van der Waals surface area contributed by atoms with Gasteiger partial charge in [-0.3, -0.25) is 10.1 Å². The Kier molecular flexibility index (Phi) is 4.92. The van der Waals surface area contributed by atoms with Gasteiger partial charge in [0.1, 0.15) is 0 Å². The maximum atomic E-state index is 11.6. The number of rotatable bonds is 4. The minimum atomic E-state index is -0.388. The van der Waals surface area contributed by atoms with Crippen LogP contribution in [0.2, 0.25) is 5.02 Å². The van der Waals surface area contributed by atoms with E-state index in [9.17, 15) is 10.1 Å². The Bertz CT molecular complexity index is 1140. The second-order valence-corrected chi connectivity index (χ2v) is 6.85. The van der Waals surface area contributed by atoms with Gasteiger partial charge in [-0.15, -0.1) is 0 Å². The van der Waals surface area contributed by atoms with E-state index in [1.54, 1.807) is 12.1 Å². The van der Waals surface area contributed by atoms with E-state index in [0.717, 1.165) is 27.8 Å². The van der Waals surface area contributed by atoms with Gasteiger partial charge in [-0.25, -0.2) is 0 Å². The van der Waals surface area contributed by atoms with Gasteiger partial charge in [-0.2, -0.15) is 0 Å². The number of benzene rings is 4. The van der Waals surface area contributed by atoms with Crippen molar-refractivity contribution >= 4 is 17.3 Å². The molecule has 0 saturated carbocycles. The molecule has 0 heterocycles. The number of nitrogens with zero attached hydrogens (tertiary/aromatic N) is 1. The molecule has 0 amide bonds. The molecule has 0 N–H and O–H groups in total. The van der Waals surface area contributed by atoms with E-state index in [1.165, 1.54) is 6.07 Å². The zero-order chi connectivity index (χ0) is 19.5. The fourth-order valence-electron chi connectivity index (χ4n) is 3.33. The van der Waals surface area contributed by atoms with Crippen LogP contribution in [0.3, 0.4) is 0 Å². The number of nitro groups is 1. The van der Waals surface area contributed by atoms with E-state index in [4.69, 9.17) is 11.6 Å². The van der Waals surface area contributed by atoms with Crippen molar-refractivity contribution in [2.75, 3.05) is 0 Å². The van der Waals surface area contributed by atoms with Gasteiger partial charge < -0.3 is 0 Å². The van der Waals surface area contributed by atoms with Gasteiger partial charge >= 0.3 is 0 Å². The fraction of sp³-hybridized carbons (Fsp3) is 0. The number of hydrogen-bond donors (Lipinski definition) is 0. The molecule has 0 aromatic heterocycles. The van der Waals surface area contributed by atoms with E-state index in [0.29, 0.717) is 10.6 Å². The number of halogens is 1. The van der Waals surface area contributed by atoms with Crippen molar-refractivity contribution in [2.24, 2.45) is 0 Å². The van der Waals surface area contributed by atoms with E-state index in [-0.39, 0.29) is 10.6 Å². The summed E-state index contributed by atoms with van der Waals surface area (Å²) in [6.45, 7) is 0. The molecule has 136 valence electrons. The zero-order valence-corrected chi connectivity index (χ0v) is 15.6. The van der Waals surface area contributed by atoms with Crippen LogP contribution in [0, 0.1) is 10.1 Å². The van der Waals surface area contributed by atoms with Crippen LogP contribution in [0.4, 0.5) is 5.69 Å². The van der Waals surface area contributed by atoms with E-state index >= 15 is 0 Å². The molecular weight excluding hydrogens is 370 g/mol. The molecule has 0 fully saturated rings. The molecule has 4 aromatic rings. The lowest BCUT2D eigenvalue weighted by molar-refractivity contribution is -0.384. The molecule has 0 atom stereocenters. The van der Waals surface area contributed by atoms with Crippen LogP contribution < -0.4 is 0 Å². The van der Waals surface area contributed by atoms with Gasteiger partial charge in [-0.1, -0.05) is 84.4 Å². The Balaban J connectivity index is 1.97.